The summed E-state index contributed by atoms with van der Waals surface area (Å²) in [5.74, 6) is 0. The van der Waals surface area contributed by atoms with Gasteiger partial charge in [-0.1, -0.05) is 20.8 Å². The molecule has 0 fully saturated rings. The summed E-state index contributed by atoms with van der Waals surface area (Å²) in [5, 5.41) is 8.78. The van der Waals surface area contributed by atoms with Gasteiger partial charge in [0.2, 0.25) is 0 Å². The van der Waals surface area contributed by atoms with Crippen LogP contribution in [0.3, 0.4) is 0 Å². The molecule has 1 atom stereocenters. The van der Waals surface area contributed by atoms with Crippen LogP contribution in [0.1, 0.15) is 27.7 Å². The molecule has 0 saturated heterocycles. The molecule has 3 nitrogen and oxygen atoms in total. The van der Waals surface area contributed by atoms with Crippen LogP contribution in [-0.4, -0.2) is 30.6 Å². The van der Waals surface area contributed by atoms with Gasteiger partial charge in [-0.05, 0) is 25.4 Å². The Morgan fingerprint density at radius 1 is 1.54 bits per heavy atom. The van der Waals surface area contributed by atoms with Gasteiger partial charge in [-0.25, -0.2) is 0 Å². The molecule has 0 aliphatic heterocycles. The number of hydrogen-bond donors (Lipinski definition) is 1. The predicted octanol–water partition coefficient (Wildman–Crippen LogP) is 1.21. The van der Waals surface area contributed by atoms with Crippen LogP contribution < -0.4 is 5.73 Å². The Bertz CT molecular complexity index is 181. The number of rotatable bonds is 5. The highest BCUT2D eigenvalue weighted by Crippen LogP contribution is 2.16. The third-order valence-corrected chi connectivity index (χ3v) is 2.32. The van der Waals surface area contributed by atoms with E-state index in [4.69, 9.17) is 11.0 Å². The fourth-order valence-corrected chi connectivity index (χ4v) is 1.22. The molecule has 2 N–H and O–H groups in total. The average Bonchev–Trinajstić information content (AvgIpc) is 2.13. The van der Waals surface area contributed by atoms with Gasteiger partial charge >= 0.3 is 0 Å². The first-order valence-corrected chi connectivity index (χ1v) is 4.80. The summed E-state index contributed by atoms with van der Waals surface area (Å²) < 4.78 is 0. The van der Waals surface area contributed by atoms with Crippen LogP contribution in [0.25, 0.3) is 0 Å². The van der Waals surface area contributed by atoms with Crippen molar-refractivity contribution in [2.24, 2.45) is 11.1 Å². The smallest absolute Gasteiger partial charge is 0.0949 e. The molecule has 76 valence electrons. The Morgan fingerprint density at radius 3 is 2.38 bits per heavy atom. The lowest BCUT2D eigenvalue weighted by Crippen LogP contribution is -2.42. The van der Waals surface area contributed by atoms with Crippen molar-refractivity contribution in [3.8, 4) is 6.07 Å². The van der Waals surface area contributed by atoms with E-state index in [1.54, 1.807) is 0 Å². The largest absolute Gasteiger partial charge is 0.330 e. The lowest BCUT2D eigenvalue weighted by Gasteiger charge is -2.32. The van der Waals surface area contributed by atoms with Gasteiger partial charge in [0.05, 0.1) is 12.1 Å². The van der Waals surface area contributed by atoms with Crippen LogP contribution in [-0.2, 0) is 0 Å². The summed E-state index contributed by atoms with van der Waals surface area (Å²) in [7, 11) is 0. The molecule has 0 aromatic heterocycles. The van der Waals surface area contributed by atoms with Gasteiger partial charge in [0.25, 0.3) is 0 Å². The summed E-state index contributed by atoms with van der Waals surface area (Å²) in [6, 6.07) is 2.23. The highest BCUT2D eigenvalue weighted by atomic mass is 15.1. The zero-order valence-electron chi connectivity index (χ0n) is 9.17. The molecule has 0 amide bonds. The van der Waals surface area contributed by atoms with E-state index < -0.39 is 0 Å². The van der Waals surface area contributed by atoms with Crippen molar-refractivity contribution in [1.82, 2.24) is 4.90 Å². The third-order valence-electron chi connectivity index (χ3n) is 2.32. The van der Waals surface area contributed by atoms with Gasteiger partial charge in [0.1, 0.15) is 0 Å². The highest BCUT2D eigenvalue weighted by Gasteiger charge is 2.22. The molecule has 0 aromatic carbocycles. The Morgan fingerprint density at radius 2 is 2.08 bits per heavy atom. The second-order valence-electron chi connectivity index (χ2n) is 4.24. The standard InChI is InChI=1S/C10H21N3/c1-5-13(9(2)6-11)8-10(3,4)7-12/h9H,5,7-8,12H2,1-4H3. The number of nitrogens with two attached hydrogens (primary N) is 1. The van der Waals surface area contributed by atoms with Crippen molar-refractivity contribution in [2.75, 3.05) is 19.6 Å². The first-order chi connectivity index (χ1) is 5.96. The molecule has 13 heavy (non-hydrogen) atoms. The van der Waals surface area contributed by atoms with E-state index in [1.807, 2.05) is 6.92 Å². The second-order valence-corrected chi connectivity index (χ2v) is 4.24. The number of nitrogens with zero attached hydrogens (tertiary/aromatic N) is 2. The molecule has 0 rings (SSSR count). The molecular weight excluding hydrogens is 162 g/mol. The van der Waals surface area contributed by atoms with Crippen molar-refractivity contribution in [2.45, 2.75) is 33.7 Å². The van der Waals surface area contributed by atoms with Gasteiger partial charge in [0, 0.05) is 6.54 Å². The third kappa shape index (κ3) is 4.25. The van der Waals surface area contributed by atoms with E-state index in [0.717, 1.165) is 13.1 Å². The van der Waals surface area contributed by atoms with Crippen LogP contribution in [0.4, 0.5) is 0 Å². The van der Waals surface area contributed by atoms with Gasteiger partial charge in [0.15, 0.2) is 0 Å². The molecule has 0 aliphatic carbocycles. The Kier molecular flexibility index (Phi) is 4.97. The molecule has 0 bridgehead atoms. The molecule has 0 heterocycles. The molecule has 1 unspecified atom stereocenters. The summed E-state index contributed by atoms with van der Waals surface area (Å²) in [6.07, 6.45) is 0. The predicted molar refractivity (Wildman–Crippen MR) is 55.2 cm³/mol. The van der Waals surface area contributed by atoms with Crippen molar-refractivity contribution in [3.63, 3.8) is 0 Å². The van der Waals surface area contributed by atoms with E-state index in [2.05, 4.69) is 31.7 Å². The van der Waals surface area contributed by atoms with Crippen molar-refractivity contribution < 1.29 is 0 Å². The van der Waals surface area contributed by atoms with Gasteiger partial charge in [-0.15, -0.1) is 0 Å². The molecule has 0 aromatic rings. The van der Waals surface area contributed by atoms with Gasteiger partial charge < -0.3 is 5.73 Å². The second kappa shape index (κ2) is 5.21. The SMILES string of the molecule is CCN(CC(C)(C)CN)C(C)C#N. The van der Waals surface area contributed by atoms with Gasteiger partial charge in [-0.3, -0.25) is 4.90 Å². The zero-order valence-corrected chi connectivity index (χ0v) is 9.17. The van der Waals surface area contributed by atoms with Crippen LogP contribution in [0.15, 0.2) is 0 Å². The normalized spacial score (nSPS) is 14.2. The number of nitriles is 1. The van der Waals surface area contributed by atoms with E-state index >= 15 is 0 Å². The van der Waals surface area contributed by atoms with Crippen molar-refractivity contribution >= 4 is 0 Å². The lowest BCUT2D eigenvalue weighted by atomic mass is 9.92. The summed E-state index contributed by atoms with van der Waals surface area (Å²) in [5.41, 5.74) is 5.74. The van der Waals surface area contributed by atoms with Crippen LogP contribution in [0.2, 0.25) is 0 Å². The lowest BCUT2D eigenvalue weighted by molar-refractivity contribution is 0.171. The monoisotopic (exact) mass is 183 g/mol. The fraction of sp³-hybridized carbons (Fsp3) is 0.900. The Labute approximate surface area is 81.5 Å². The molecule has 0 spiro atoms. The van der Waals surface area contributed by atoms with Crippen LogP contribution in [0, 0.1) is 16.7 Å². The zero-order chi connectivity index (χ0) is 10.5. The molecule has 3 heteroatoms. The maximum absolute atomic E-state index is 8.78. The summed E-state index contributed by atoms with van der Waals surface area (Å²) in [6.45, 7) is 10.7. The van der Waals surface area contributed by atoms with E-state index in [9.17, 15) is 0 Å². The summed E-state index contributed by atoms with van der Waals surface area (Å²) in [4.78, 5) is 2.15. The van der Waals surface area contributed by atoms with E-state index in [-0.39, 0.29) is 11.5 Å². The topological polar surface area (TPSA) is 53.0 Å². The average molecular weight is 183 g/mol. The first-order valence-electron chi connectivity index (χ1n) is 4.80. The quantitative estimate of drug-likeness (QED) is 0.697. The van der Waals surface area contributed by atoms with Crippen LogP contribution in [0.5, 0.6) is 0 Å². The van der Waals surface area contributed by atoms with Crippen molar-refractivity contribution in [3.05, 3.63) is 0 Å². The minimum atomic E-state index is -0.0178. The molecular formula is C10H21N3. The maximum atomic E-state index is 8.78. The maximum Gasteiger partial charge on any atom is 0.0949 e. The van der Waals surface area contributed by atoms with Crippen LogP contribution >= 0.6 is 0 Å². The highest BCUT2D eigenvalue weighted by molar-refractivity contribution is 4.89. The molecule has 0 radical (unpaired) electrons. The Hall–Kier alpha value is -0.590. The minimum Gasteiger partial charge on any atom is -0.330 e. The minimum absolute atomic E-state index is 0.0178. The number of hydrogen-bond acceptors (Lipinski definition) is 3. The van der Waals surface area contributed by atoms with Crippen molar-refractivity contribution in [1.29, 1.82) is 5.26 Å². The first kappa shape index (κ1) is 12.4. The van der Waals surface area contributed by atoms with E-state index in [1.165, 1.54) is 0 Å². The van der Waals surface area contributed by atoms with E-state index in [0.29, 0.717) is 6.54 Å². The molecule has 0 aliphatic rings. The van der Waals surface area contributed by atoms with Gasteiger partial charge in [-0.2, -0.15) is 5.26 Å². The fourth-order valence-electron chi connectivity index (χ4n) is 1.22. The summed E-state index contributed by atoms with van der Waals surface area (Å²) >= 11 is 0. The molecule has 0 saturated carbocycles. The Balaban J connectivity index is 4.22.